The minimum absolute atomic E-state index is 0. The number of hydrogen-bond acceptors (Lipinski definition) is 3. The van der Waals surface area contributed by atoms with Gasteiger partial charge in [0.2, 0.25) is 0 Å². The molecule has 1 amide bonds. The summed E-state index contributed by atoms with van der Waals surface area (Å²) in [5, 5.41) is 0. The fraction of sp³-hybridized carbons (Fsp3) is 0. The molecule has 0 bridgehead atoms. The van der Waals surface area contributed by atoms with Gasteiger partial charge in [-0.1, -0.05) is 35.2 Å². The van der Waals surface area contributed by atoms with Crippen LogP contribution in [0.5, 0.6) is 0 Å². The van der Waals surface area contributed by atoms with E-state index in [1.165, 1.54) is 24.3 Å². The number of amides is 1. The molecule has 0 unspecified atom stereocenters. The summed E-state index contributed by atoms with van der Waals surface area (Å²) in [6, 6.07) is 16.6. The average molecular weight is 289 g/mol. The Bertz CT molecular complexity index is 648. The van der Waals surface area contributed by atoms with E-state index in [4.69, 9.17) is 0 Å². The summed E-state index contributed by atoms with van der Waals surface area (Å²) in [6.45, 7) is 0. The molecule has 0 saturated carbocycles. The molecule has 0 aliphatic carbocycles. The normalized spacial score (nSPS) is 9.80. The van der Waals surface area contributed by atoms with Gasteiger partial charge in [0.05, 0.1) is 5.91 Å². The van der Waals surface area contributed by atoms with Crippen molar-refractivity contribution in [2.24, 2.45) is 0 Å². The Kier molecular flexibility index (Phi) is 8.44. The second-order valence-electron chi connectivity index (χ2n) is 3.46. The molecule has 0 heterocycles. The van der Waals surface area contributed by atoms with Crippen molar-refractivity contribution in [1.29, 1.82) is 0 Å². The molecular formula is C13H9LiNNaO3S. The maximum absolute atomic E-state index is 11.8. The van der Waals surface area contributed by atoms with E-state index in [-0.39, 0.29) is 58.9 Å². The van der Waals surface area contributed by atoms with Crippen LogP contribution in [0.3, 0.4) is 0 Å². The van der Waals surface area contributed by atoms with E-state index in [2.05, 4.69) is 10.8 Å². The summed E-state index contributed by atoms with van der Waals surface area (Å²) < 4.78 is 26.8. The molecule has 0 aliphatic heterocycles. The molecule has 4 nitrogen and oxygen atoms in total. The number of benzene rings is 2. The van der Waals surface area contributed by atoms with Gasteiger partial charge in [0.15, 0.2) is 0 Å². The van der Waals surface area contributed by atoms with Gasteiger partial charge in [0, 0.05) is 0 Å². The Labute approximate surface area is 152 Å². The second-order valence-corrected chi connectivity index (χ2v) is 5.04. The van der Waals surface area contributed by atoms with Crippen LogP contribution in [0.1, 0.15) is 10.4 Å². The van der Waals surface area contributed by atoms with Crippen molar-refractivity contribution >= 4 is 15.9 Å². The van der Waals surface area contributed by atoms with Crippen LogP contribution in [0, 0.1) is 6.07 Å². The Hall–Kier alpha value is -0.543. The third-order valence-corrected chi connectivity index (χ3v) is 3.40. The molecule has 92 valence electrons. The molecule has 0 radical (unpaired) electrons. The van der Waals surface area contributed by atoms with Gasteiger partial charge in [0.25, 0.3) is 0 Å². The summed E-state index contributed by atoms with van der Waals surface area (Å²) in [6.07, 6.45) is 0. The minimum Gasteiger partial charge on any atom is -0.539 e. The van der Waals surface area contributed by atoms with E-state index in [0.717, 1.165) is 0 Å². The van der Waals surface area contributed by atoms with Crippen LogP contribution in [-0.4, -0.2) is 14.3 Å². The molecule has 0 saturated heterocycles. The minimum atomic E-state index is -3.99. The second kappa shape index (κ2) is 8.68. The first kappa shape index (κ1) is 19.5. The quantitative estimate of drug-likeness (QED) is 0.433. The van der Waals surface area contributed by atoms with Gasteiger partial charge in [-0.3, -0.25) is 0 Å². The molecule has 2 aromatic rings. The van der Waals surface area contributed by atoms with Gasteiger partial charge in [-0.25, -0.2) is 8.42 Å². The molecular weight excluding hydrogens is 280 g/mol. The van der Waals surface area contributed by atoms with Crippen molar-refractivity contribution in [3.05, 3.63) is 70.9 Å². The van der Waals surface area contributed by atoms with Crippen LogP contribution in [0.4, 0.5) is 0 Å². The molecule has 0 aliphatic rings. The Morgan fingerprint density at radius 2 is 1.60 bits per heavy atom. The first-order valence-electron chi connectivity index (χ1n) is 5.14. The number of rotatable bonds is 3. The topological polar surface area (TPSA) is 65.3 Å². The van der Waals surface area contributed by atoms with Crippen molar-refractivity contribution in [1.82, 2.24) is 0 Å². The molecule has 0 aromatic heterocycles. The summed E-state index contributed by atoms with van der Waals surface area (Å²) in [4.78, 5) is 11.6. The maximum atomic E-state index is 11.8. The zero-order valence-electron chi connectivity index (χ0n) is 11.3. The standard InChI is InChI=1S/C13H10NO3S.Li.Na/c15-13(11-7-3-1-4-8-11)14-18(16,17)12-9-5-2-6-10-12;;/h1-9H,(H,14,15);;/q-1;2*+1/p-1. The molecule has 0 N–H and O–H groups in total. The van der Waals surface area contributed by atoms with Crippen molar-refractivity contribution in [3.63, 3.8) is 0 Å². The number of sulfonamides is 1. The third kappa shape index (κ3) is 5.10. The maximum Gasteiger partial charge on any atom is 1.00 e. The number of nitrogens with zero attached hydrogens (tertiary/aromatic N) is 1. The SMILES string of the molecule is O=C([N-]S(=O)(=O)c1[c-]cccc1)c1ccccc1.[Li+].[Na+]. The summed E-state index contributed by atoms with van der Waals surface area (Å²) in [5.41, 5.74) is 0.233. The number of carbonyl (C=O) groups is 1. The summed E-state index contributed by atoms with van der Waals surface area (Å²) in [5.74, 6) is -0.784. The van der Waals surface area contributed by atoms with Crippen molar-refractivity contribution < 1.29 is 61.6 Å². The van der Waals surface area contributed by atoms with Crippen molar-refractivity contribution in [2.45, 2.75) is 4.90 Å². The van der Waals surface area contributed by atoms with Crippen LogP contribution in [0.2, 0.25) is 0 Å². The van der Waals surface area contributed by atoms with E-state index in [0.29, 0.717) is 0 Å². The molecule has 7 heteroatoms. The van der Waals surface area contributed by atoms with Crippen LogP contribution in [-0.2, 0) is 10.0 Å². The van der Waals surface area contributed by atoms with E-state index < -0.39 is 15.9 Å². The largest absolute Gasteiger partial charge is 1.00 e. The predicted octanol–water partition coefficient (Wildman–Crippen LogP) is -3.60. The Morgan fingerprint density at radius 1 is 1.00 bits per heavy atom. The van der Waals surface area contributed by atoms with Crippen LogP contribution < -0.4 is 48.4 Å². The van der Waals surface area contributed by atoms with Gasteiger partial charge in [-0.2, -0.15) is 30.3 Å². The van der Waals surface area contributed by atoms with Gasteiger partial charge in [0.1, 0.15) is 10.0 Å². The fourth-order valence-electron chi connectivity index (χ4n) is 1.33. The molecule has 0 fully saturated rings. The monoisotopic (exact) mass is 289 g/mol. The first-order valence-corrected chi connectivity index (χ1v) is 6.58. The van der Waals surface area contributed by atoms with E-state index >= 15 is 0 Å². The fourth-order valence-corrected chi connectivity index (χ4v) is 2.22. The molecule has 2 aromatic carbocycles. The van der Waals surface area contributed by atoms with Crippen molar-refractivity contribution in [2.75, 3.05) is 0 Å². The molecule has 2 rings (SSSR count). The third-order valence-electron chi connectivity index (χ3n) is 2.18. The average Bonchev–Trinajstić information content (AvgIpc) is 2.40. The number of hydrogen-bond donors (Lipinski definition) is 0. The van der Waals surface area contributed by atoms with Crippen molar-refractivity contribution in [3.8, 4) is 0 Å². The van der Waals surface area contributed by atoms with Gasteiger partial charge < -0.3 is 9.52 Å². The van der Waals surface area contributed by atoms with Crippen LogP contribution >= 0.6 is 0 Å². The smallest absolute Gasteiger partial charge is 0.539 e. The van der Waals surface area contributed by atoms with Crippen LogP contribution in [0.15, 0.2) is 59.5 Å². The molecule has 20 heavy (non-hydrogen) atoms. The Balaban J connectivity index is 0.00000180. The van der Waals surface area contributed by atoms with E-state index in [9.17, 15) is 13.2 Å². The zero-order valence-corrected chi connectivity index (χ0v) is 14.1. The predicted molar refractivity (Wildman–Crippen MR) is 66.6 cm³/mol. The van der Waals surface area contributed by atoms with E-state index in [1.807, 2.05) is 0 Å². The summed E-state index contributed by atoms with van der Waals surface area (Å²) in [7, 11) is -3.99. The van der Waals surface area contributed by atoms with Gasteiger partial charge >= 0.3 is 48.4 Å². The first-order chi connectivity index (χ1) is 8.59. The van der Waals surface area contributed by atoms with E-state index in [1.54, 1.807) is 30.3 Å². The Morgan fingerprint density at radius 3 is 2.15 bits per heavy atom. The van der Waals surface area contributed by atoms with Crippen LogP contribution in [0.25, 0.3) is 4.72 Å². The summed E-state index contributed by atoms with van der Waals surface area (Å²) >= 11 is 0. The van der Waals surface area contributed by atoms with Gasteiger partial charge in [-0.05, 0) is 5.56 Å². The number of carbonyl (C=O) groups excluding carboxylic acids is 1. The molecule has 0 atom stereocenters. The van der Waals surface area contributed by atoms with Gasteiger partial charge in [-0.15, -0.1) is 0 Å². The molecule has 0 spiro atoms. The zero-order chi connectivity index (χ0) is 13.0.